The number of nitrogens with zero attached hydrogens (tertiary/aromatic N) is 1. The van der Waals surface area contributed by atoms with Crippen molar-refractivity contribution in [2.24, 2.45) is 0 Å². The summed E-state index contributed by atoms with van der Waals surface area (Å²) in [5, 5.41) is 10.8. The van der Waals surface area contributed by atoms with Crippen molar-refractivity contribution in [3.63, 3.8) is 0 Å². The summed E-state index contributed by atoms with van der Waals surface area (Å²) < 4.78 is 5.23. The predicted octanol–water partition coefficient (Wildman–Crippen LogP) is 3.32. The molecule has 1 amide bonds. The molecule has 1 unspecified atom stereocenters. The van der Waals surface area contributed by atoms with Crippen molar-refractivity contribution < 1.29 is 14.3 Å². The van der Waals surface area contributed by atoms with Crippen molar-refractivity contribution in [3.05, 3.63) is 75.2 Å². The van der Waals surface area contributed by atoms with Crippen LogP contribution in [-0.4, -0.2) is 28.2 Å². The number of esters is 1. The van der Waals surface area contributed by atoms with E-state index in [1.54, 1.807) is 62.4 Å². The number of aromatic nitrogens is 2. The minimum Gasteiger partial charge on any atom is -0.463 e. The van der Waals surface area contributed by atoms with E-state index in [-0.39, 0.29) is 30.4 Å². The Morgan fingerprint density at radius 3 is 2.47 bits per heavy atom. The average molecular weight is 428 g/mol. The molecular formula is C22H22ClN3O4. The van der Waals surface area contributed by atoms with Gasteiger partial charge in [-0.2, -0.15) is 5.10 Å². The number of hydrogen-bond acceptors (Lipinski definition) is 5. The number of fused-ring (bicyclic) bond motifs is 1. The number of rotatable bonds is 7. The number of halogens is 1. The Morgan fingerprint density at radius 1 is 1.10 bits per heavy atom. The molecule has 0 saturated heterocycles. The van der Waals surface area contributed by atoms with E-state index in [0.29, 0.717) is 27.1 Å². The molecule has 0 aliphatic heterocycles. The monoisotopic (exact) mass is 427 g/mol. The van der Waals surface area contributed by atoms with Crippen LogP contribution in [0, 0.1) is 0 Å². The van der Waals surface area contributed by atoms with Gasteiger partial charge in [0.2, 0.25) is 5.91 Å². The highest BCUT2D eigenvalue weighted by atomic mass is 35.5. The minimum absolute atomic E-state index is 0.0621. The molecule has 7 nitrogen and oxygen atoms in total. The summed E-state index contributed by atoms with van der Waals surface area (Å²) in [5.74, 6) is -0.801. The van der Waals surface area contributed by atoms with E-state index >= 15 is 0 Å². The molecule has 0 aliphatic carbocycles. The summed E-state index contributed by atoms with van der Waals surface area (Å²) >= 11 is 6.29. The standard InChI is InChI=1S/C22H22ClN3O4/c1-13(2)30-21(28)12-18(16-9-5-6-10-17(16)23)24-20(27)11-19-14-7-3-4-8-15(14)22(29)26-25-19/h3-10,13,18H,11-12H2,1-2H3,(H,24,27)(H,26,29). The van der Waals surface area contributed by atoms with Gasteiger partial charge in [-0.25, -0.2) is 5.10 Å². The highest BCUT2D eigenvalue weighted by Gasteiger charge is 2.23. The SMILES string of the molecule is CC(C)OC(=O)CC(NC(=O)Cc1n[nH]c(=O)c2ccccc12)c1ccccc1Cl. The zero-order valence-corrected chi connectivity index (χ0v) is 17.4. The average Bonchev–Trinajstić information content (AvgIpc) is 2.69. The summed E-state index contributed by atoms with van der Waals surface area (Å²) in [7, 11) is 0. The first-order valence-electron chi connectivity index (χ1n) is 9.54. The Labute approximate surface area is 178 Å². The van der Waals surface area contributed by atoms with Crippen LogP contribution >= 0.6 is 11.6 Å². The number of nitrogens with one attached hydrogen (secondary N) is 2. The third-order valence-corrected chi connectivity index (χ3v) is 4.80. The summed E-state index contributed by atoms with van der Waals surface area (Å²) in [6, 6.07) is 13.3. The maximum atomic E-state index is 12.8. The highest BCUT2D eigenvalue weighted by Crippen LogP contribution is 2.26. The summed E-state index contributed by atoms with van der Waals surface area (Å²) in [5.41, 5.74) is 0.734. The normalized spacial score (nSPS) is 12.0. The summed E-state index contributed by atoms with van der Waals surface area (Å²) in [4.78, 5) is 37.0. The number of aromatic amines is 1. The molecule has 0 fully saturated rings. The van der Waals surface area contributed by atoms with Crippen LogP contribution in [-0.2, 0) is 20.7 Å². The van der Waals surface area contributed by atoms with Gasteiger partial charge >= 0.3 is 5.97 Å². The predicted molar refractivity (Wildman–Crippen MR) is 114 cm³/mol. The zero-order valence-electron chi connectivity index (χ0n) is 16.6. The van der Waals surface area contributed by atoms with Crippen LogP contribution in [0.3, 0.4) is 0 Å². The first-order valence-corrected chi connectivity index (χ1v) is 9.92. The molecule has 0 saturated carbocycles. The Kier molecular flexibility index (Phi) is 6.84. The van der Waals surface area contributed by atoms with Gasteiger partial charge in [0.15, 0.2) is 0 Å². The van der Waals surface area contributed by atoms with E-state index in [1.165, 1.54) is 0 Å². The third kappa shape index (κ3) is 5.24. The molecule has 30 heavy (non-hydrogen) atoms. The first-order chi connectivity index (χ1) is 14.3. The van der Waals surface area contributed by atoms with Gasteiger partial charge in [0.1, 0.15) is 0 Å². The lowest BCUT2D eigenvalue weighted by Crippen LogP contribution is -2.32. The van der Waals surface area contributed by atoms with Gasteiger partial charge in [0.25, 0.3) is 5.56 Å². The molecule has 3 aromatic rings. The number of H-pyrrole nitrogens is 1. The molecule has 0 spiro atoms. The number of benzene rings is 2. The lowest BCUT2D eigenvalue weighted by atomic mass is 10.0. The van der Waals surface area contributed by atoms with Crippen LogP contribution in [0.15, 0.2) is 53.3 Å². The van der Waals surface area contributed by atoms with Gasteiger partial charge in [-0.15, -0.1) is 0 Å². The molecule has 0 bridgehead atoms. The molecule has 0 radical (unpaired) electrons. The number of carbonyl (C=O) groups is 2. The Morgan fingerprint density at radius 2 is 1.77 bits per heavy atom. The fourth-order valence-electron chi connectivity index (χ4n) is 3.18. The molecule has 156 valence electrons. The van der Waals surface area contributed by atoms with Crippen LogP contribution in [0.5, 0.6) is 0 Å². The van der Waals surface area contributed by atoms with Gasteiger partial charge in [0, 0.05) is 10.4 Å². The van der Waals surface area contributed by atoms with E-state index in [0.717, 1.165) is 0 Å². The smallest absolute Gasteiger partial charge is 0.308 e. The molecule has 1 heterocycles. The quantitative estimate of drug-likeness (QED) is 0.563. The lowest BCUT2D eigenvalue weighted by molar-refractivity contribution is -0.148. The lowest BCUT2D eigenvalue weighted by Gasteiger charge is -2.20. The number of hydrogen-bond donors (Lipinski definition) is 2. The first kappa shape index (κ1) is 21.5. The number of ether oxygens (including phenoxy) is 1. The minimum atomic E-state index is -0.661. The molecule has 2 N–H and O–H groups in total. The Hall–Kier alpha value is -3.19. The zero-order chi connectivity index (χ0) is 21.7. The second-order valence-electron chi connectivity index (χ2n) is 7.11. The van der Waals surface area contributed by atoms with E-state index in [4.69, 9.17) is 16.3 Å². The number of amides is 1. The van der Waals surface area contributed by atoms with E-state index in [2.05, 4.69) is 15.5 Å². The summed E-state index contributed by atoms with van der Waals surface area (Å²) in [6.07, 6.45) is -0.401. The van der Waals surface area contributed by atoms with Gasteiger partial charge in [-0.05, 0) is 31.5 Å². The van der Waals surface area contributed by atoms with Crippen molar-refractivity contribution in [3.8, 4) is 0 Å². The molecular weight excluding hydrogens is 406 g/mol. The second kappa shape index (κ2) is 9.54. The van der Waals surface area contributed by atoms with Crippen molar-refractivity contribution in [1.29, 1.82) is 0 Å². The van der Waals surface area contributed by atoms with Gasteiger partial charge < -0.3 is 10.1 Å². The van der Waals surface area contributed by atoms with E-state index < -0.39 is 12.0 Å². The van der Waals surface area contributed by atoms with Gasteiger partial charge in [-0.3, -0.25) is 14.4 Å². The highest BCUT2D eigenvalue weighted by molar-refractivity contribution is 6.31. The van der Waals surface area contributed by atoms with Gasteiger partial charge in [0.05, 0.1) is 36.1 Å². The maximum Gasteiger partial charge on any atom is 0.308 e. The largest absolute Gasteiger partial charge is 0.463 e. The topological polar surface area (TPSA) is 101 Å². The molecule has 1 atom stereocenters. The maximum absolute atomic E-state index is 12.8. The van der Waals surface area contributed by atoms with E-state index in [1.807, 2.05) is 0 Å². The Balaban J connectivity index is 1.83. The second-order valence-corrected chi connectivity index (χ2v) is 7.51. The van der Waals surface area contributed by atoms with Crippen molar-refractivity contribution >= 4 is 34.2 Å². The summed E-state index contributed by atoms with van der Waals surface area (Å²) in [6.45, 7) is 3.52. The fraction of sp³-hybridized carbons (Fsp3) is 0.273. The molecule has 1 aromatic heterocycles. The fourth-order valence-corrected chi connectivity index (χ4v) is 3.45. The van der Waals surface area contributed by atoms with Crippen LogP contribution in [0.4, 0.5) is 0 Å². The van der Waals surface area contributed by atoms with Crippen LogP contribution in [0.25, 0.3) is 10.8 Å². The third-order valence-electron chi connectivity index (χ3n) is 4.46. The van der Waals surface area contributed by atoms with Crippen molar-refractivity contribution in [1.82, 2.24) is 15.5 Å². The van der Waals surface area contributed by atoms with Crippen LogP contribution < -0.4 is 10.9 Å². The van der Waals surface area contributed by atoms with Gasteiger partial charge in [-0.1, -0.05) is 48.0 Å². The van der Waals surface area contributed by atoms with E-state index in [9.17, 15) is 14.4 Å². The number of carbonyl (C=O) groups excluding carboxylic acids is 2. The van der Waals surface area contributed by atoms with Crippen molar-refractivity contribution in [2.75, 3.05) is 0 Å². The molecule has 8 heteroatoms. The molecule has 0 aliphatic rings. The Bertz CT molecular complexity index is 1130. The molecule has 2 aromatic carbocycles. The van der Waals surface area contributed by atoms with Crippen LogP contribution in [0.1, 0.15) is 37.6 Å². The van der Waals surface area contributed by atoms with Crippen molar-refractivity contribution in [2.45, 2.75) is 38.8 Å². The molecule has 3 rings (SSSR count). The van der Waals surface area contributed by atoms with Crippen LogP contribution in [0.2, 0.25) is 5.02 Å².